The summed E-state index contributed by atoms with van der Waals surface area (Å²) in [6.45, 7) is 8.90. The van der Waals surface area contributed by atoms with Crippen molar-refractivity contribution in [2.75, 3.05) is 13.2 Å². The minimum atomic E-state index is 0.788. The Morgan fingerprint density at radius 2 is 2.09 bits per heavy atom. The van der Waals surface area contributed by atoms with Crippen molar-refractivity contribution in [3.63, 3.8) is 0 Å². The fraction of sp³-hybridized carbons (Fsp3) is 1.00. The monoisotopic (exact) mass is 156 g/mol. The van der Waals surface area contributed by atoms with Gasteiger partial charge in [-0.1, -0.05) is 20.8 Å². The van der Waals surface area contributed by atoms with Crippen LogP contribution in [0, 0.1) is 17.8 Å². The van der Waals surface area contributed by atoms with E-state index in [1.165, 1.54) is 12.8 Å². The molecule has 0 radical (unpaired) electrons. The molecule has 1 heterocycles. The van der Waals surface area contributed by atoms with Crippen molar-refractivity contribution < 1.29 is 4.74 Å². The Morgan fingerprint density at radius 3 is 2.73 bits per heavy atom. The van der Waals surface area contributed by atoms with Gasteiger partial charge in [-0.15, -0.1) is 0 Å². The standard InChI is InChI=1S/C10H20O/c1-8(2)10-6-9(3)4-5-11-7-10/h8-10H,4-7H2,1-3H3/t9?,10-/m0/s1. The number of rotatable bonds is 1. The molecular weight excluding hydrogens is 136 g/mol. The van der Waals surface area contributed by atoms with E-state index in [1.54, 1.807) is 0 Å². The van der Waals surface area contributed by atoms with Crippen molar-refractivity contribution in [3.05, 3.63) is 0 Å². The highest BCUT2D eigenvalue weighted by Gasteiger charge is 2.19. The first kappa shape index (κ1) is 9.05. The van der Waals surface area contributed by atoms with Crippen LogP contribution in [-0.2, 0) is 4.74 Å². The predicted molar refractivity (Wildman–Crippen MR) is 47.5 cm³/mol. The Kier molecular flexibility index (Phi) is 3.38. The van der Waals surface area contributed by atoms with Crippen LogP contribution >= 0.6 is 0 Å². The van der Waals surface area contributed by atoms with Crippen LogP contribution < -0.4 is 0 Å². The first-order valence-corrected chi connectivity index (χ1v) is 4.78. The molecule has 1 rings (SSSR count). The summed E-state index contributed by atoms with van der Waals surface area (Å²) < 4.78 is 5.54. The summed E-state index contributed by atoms with van der Waals surface area (Å²) in [5.41, 5.74) is 0. The Hall–Kier alpha value is -0.0400. The summed E-state index contributed by atoms with van der Waals surface area (Å²) >= 11 is 0. The highest BCUT2D eigenvalue weighted by molar-refractivity contribution is 4.69. The second-order valence-corrected chi connectivity index (χ2v) is 4.21. The van der Waals surface area contributed by atoms with Crippen molar-refractivity contribution in [1.29, 1.82) is 0 Å². The van der Waals surface area contributed by atoms with Gasteiger partial charge in [0.25, 0.3) is 0 Å². The molecule has 1 unspecified atom stereocenters. The van der Waals surface area contributed by atoms with Gasteiger partial charge in [0.1, 0.15) is 0 Å². The lowest BCUT2D eigenvalue weighted by Gasteiger charge is -2.19. The predicted octanol–water partition coefficient (Wildman–Crippen LogP) is 2.71. The molecule has 0 bridgehead atoms. The van der Waals surface area contributed by atoms with E-state index in [2.05, 4.69) is 20.8 Å². The van der Waals surface area contributed by atoms with Crippen LogP contribution in [0.1, 0.15) is 33.6 Å². The van der Waals surface area contributed by atoms with Crippen LogP contribution in [-0.4, -0.2) is 13.2 Å². The van der Waals surface area contributed by atoms with E-state index >= 15 is 0 Å². The molecule has 11 heavy (non-hydrogen) atoms. The summed E-state index contributed by atoms with van der Waals surface area (Å²) in [5.74, 6) is 2.45. The molecule has 0 amide bonds. The van der Waals surface area contributed by atoms with E-state index in [0.717, 1.165) is 31.0 Å². The quantitative estimate of drug-likeness (QED) is 0.567. The van der Waals surface area contributed by atoms with Crippen LogP contribution in [0.15, 0.2) is 0 Å². The third kappa shape index (κ3) is 2.82. The Labute approximate surface area is 70.1 Å². The normalized spacial score (nSPS) is 33.8. The lowest BCUT2D eigenvalue weighted by Crippen LogP contribution is -2.15. The fourth-order valence-corrected chi connectivity index (χ4v) is 1.69. The molecule has 0 spiro atoms. The maximum atomic E-state index is 5.54. The molecule has 1 heteroatoms. The maximum Gasteiger partial charge on any atom is 0.0496 e. The van der Waals surface area contributed by atoms with Gasteiger partial charge in [0, 0.05) is 13.2 Å². The SMILES string of the molecule is CC1CCOC[C@@H](C(C)C)C1. The molecule has 1 nitrogen and oxygen atoms in total. The smallest absolute Gasteiger partial charge is 0.0496 e. The van der Waals surface area contributed by atoms with Gasteiger partial charge in [-0.05, 0) is 30.6 Å². The van der Waals surface area contributed by atoms with Gasteiger partial charge in [0.05, 0.1) is 0 Å². The zero-order valence-corrected chi connectivity index (χ0v) is 7.97. The number of hydrogen-bond acceptors (Lipinski definition) is 1. The van der Waals surface area contributed by atoms with Crippen LogP contribution in [0.3, 0.4) is 0 Å². The van der Waals surface area contributed by atoms with E-state index in [1.807, 2.05) is 0 Å². The summed E-state index contributed by atoms with van der Waals surface area (Å²) in [4.78, 5) is 0. The molecule has 66 valence electrons. The number of hydrogen-bond donors (Lipinski definition) is 0. The van der Waals surface area contributed by atoms with Gasteiger partial charge < -0.3 is 4.74 Å². The fourth-order valence-electron chi connectivity index (χ4n) is 1.69. The van der Waals surface area contributed by atoms with Gasteiger partial charge in [0.2, 0.25) is 0 Å². The van der Waals surface area contributed by atoms with Crippen LogP contribution in [0.2, 0.25) is 0 Å². The van der Waals surface area contributed by atoms with Gasteiger partial charge in [-0.3, -0.25) is 0 Å². The minimum absolute atomic E-state index is 0.788. The second-order valence-electron chi connectivity index (χ2n) is 4.21. The van der Waals surface area contributed by atoms with Gasteiger partial charge in [0.15, 0.2) is 0 Å². The third-order valence-corrected chi connectivity index (χ3v) is 2.73. The van der Waals surface area contributed by atoms with Gasteiger partial charge in [-0.2, -0.15) is 0 Å². The topological polar surface area (TPSA) is 9.23 Å². The molecule has 0 aromatic heterocycles. The largest absolute Gasteiger partial charge is 0.381 e. The van der Waals surface area contributed by atoms with Crippen molar-refractivity contribution in [1.82, 2.24) is 0 Å². The Morgan fingerprint density at radius 1 is 1.36 bits per heavy atom. The van der Waals surface area contributed by atoms with Crippen molar-refractivity contribution >= 4 is 0 Å². The first-order chi connectivity index (χ1) is 5.20. The van der Waals surface area contributed by atoms with Gasteiger partial charge in [-0.25, -0.2) is 0 Å². The van der Waals surface area contributed by atoms with Crippen LogP contribution in [0.4, 0.5) is 0 Å². The lowest BCUT2D eigenvalue weighted by molar-refractivity contribution is 0.0999. The Bertz CT molecular complexity index is 109. The third-order valence-electron chi connectivity index (χ3n) is 2.73. The zero-order valence-electron chi connectivity index (χ0n) is 7.97. The van der Waals surface area contributed by atoms with E-state index in [4.69, 9.17) is 4.74 Å². The van der Waals surface area contributed by atoms with Crippen molar-refractivity contribution in [2.45, 2.75) is 33.6 Å². The lowest BCUT2D eigenvalue weighted by atomic mass is 9.87. The molecular formula is C10H20O. The summed E-state index contributed by atoms with van der Waals surface area (Å²) in [7, 11) is 0. The zero-order chi connectivity index (χ0) is 8.27. The average Bonchev–Trinajstić information content (AvgIpc) is 2.13. The first-order valence-electron chi connectivity index (χ1n) is 4.78. The molecule has 2 atom stereocenters. The molecule has 0 aromatic carbocycles. The van der Waals surface area contributed by atoms with Crippen molar-refractivity contribution in [2.24, 2.45) is 17.8 Å². The molecule has 1 saturated heterocycles. The van der Waals surface area contributed by atoms with E-state index in [0.29, 0.717) is 0 Å². The summed E-state index contributed by atoms with van der Waals surface area (Å²) in [5, 5.41) is 0. The highest BCUT2D eigenvalue weighted by atomic mass is 16.5. The van der Waals surface area contributed by atoms with Crippen molar-refractivity contribution in [3.8, 4) is 0 Å². The molecule has 0 saturated carbocycles. The van der Waals surface area contributed by atoms with E-state index < -0.39 is 0 Å². The minimum Gasteiger partial charge on any atom is -0.381 e. The second kappa shape index (κ2) is 4.10. The highest BCUT2D eigenvalue weighted by Crippen LogP contribution is 2.25. The number of ether oxygens (including phenoxy) is 1. The molecule has 0 N–H and O–H groups in total. The Balaban J connectivity index is 2.39. The maximum absolute atomic E-state index is 5.54. The molecule has 1 aliphatic heterocycles. The van der Waals surface area contributed by atoms with E-state index in [-0.39, 0.29) is 0 Å². The average molecular weight is 156 g/mol. The summed E-state index contributed by atoms with van der Waals surface area (Å²) in [6.07, 6.45) is 2.61. The molecule has 0 aromatic rings. The summed E-state index contributed by atoms with van der Waals surface area (Å²) in [6, 6.07) is 0. The van der Waals surface area contributed by atoms with Crippen LogP contribution in [0.25, 0.3) is 0 Å². The molecule has 1 aliphatic rings. The molecule has 0 aliphatic carbocycles. The van der Waals surface area contributed by atoms with E-state index in [9.17, 15) is 0 Å². The molecule has 1 fully saturated rings. The van der Waals surface area contributed by atoms with Crippen LogP contribution in [0.5, 0.6) is 0 Å². The van der Waals surface area contributed by atoms with Gasteiger partial charge >= 0.3 is 0 Å².